The first-order chi connectivity index (χ1) is 14.1. The van der Waals surface area contributed by atoms with Crippen LogP contribution in [0.15, 0.2) is 36.7 Å². The van der Waals surface area contributed by atoms with E-state index in [0.717, 1.165) is 5.56 Å². The van der Waals surface area contributed by atoms with E-state index in [1.54, 1.807) is 4.90 Å². The summed E-state index contributed by atoms with van der Waals surface area (Å²) >= 11 is 6.13. The fraction of sp³-hybridized carbons (Fsp3) is 0.238. The second-order valence-electron chi connectivity index (χ2n) is 6.15. The Morgan fingerprint density at radius 2 is 1.86 bits per heavy atom. The average Bonchev–Trinajstić information content (AvgIpc) is 2.76. The molecule has 0 bridgehead atoms. The Bertz CT molecular complexity index is 999. The molecule has 3 rings (SSSR count). The van der Waals surface area contributed by atoms with Crippen molar-refractivity contribution in [3.8, 4) is 24.2 Å². The van der Waals surface area contributed by atoms with E-state index in [9.17, 15) is 9.59 Å². The minimum Gasteiger partial charge on any atom is -0.352 e. The standard InChI is InChI=1S/C21H18ClN5O2/c1-2-10-23-21(29)18-19(22)24-15-25-20(18)27-13-11-26(12-14-27)17(28)9-8-16-6-4-3-5-7-16/h1,3-7,15H,10-14H2,(H,23,29). The quantitative estimate of drug-likeness (QED) is 0.611. The van der Waals surface area contributed by atoms with Gasteiger partial charge in [0.25, 0.3) is 11.8 Å². The highest BCUT2D eigenvalue weighted by molar-refractivity contribution is 6.33. The number of nitrogens with zero attached hydrogens (tertiary/aromatic N) is 4. The second kappa shape index (κ2) is 9.59. The number of benzene rings is 1. The molecule has 0 atom stereocenters. The summed E-state index contributed by atoms with van der Waals surface area (Å²) in [6.45, 7) is 1.96. The van der Waals surface area contributed by atoms with Crippen molar-refractivity contribution >= 4 is 29.2 Å². The predicted molar refractivity (Wildman–Crippen MR) is 110 cm³/mol. The van der Waals surface area contributed by atoms with Crippen LogP contribution in [0.2, 0.25) is 5.15 Å². The molecular weight excluding hydrogens is 390 g/mol. The third-order valence-electron chi connectivity index (χ3n) is 4.31. The van der Waals surface area contributed by atoms with E-state index in [2.05, 4.69) is 33.0 Å². The summed E-state index contributed by atoms with van der Waals surface area (Å²) < 4.78 is 0. The number of carbonyl (C=O) groups is 2. The van der Waals surface area contributed by atoms with Gasteiger partial charge in [-0.25, -0.2) is 9.97 Å². The van der Waals surface area contributed by atoms with E-state index in [4.69, 9.17) is 18.0 Å². The third-order valence-corrected chi connectivity index (χ3v) is 4.60. The highest BCUT2D eigenvalue weighted by Crippen LogP contribution is 2.24. The zero-order valence-electron chi connectivity index (χ0n) is 15.6. The van der Waals surface area contributed by atoms with Crippen LogP contribution in [0.5, 0.6) is 0 Å². The van der Waals surface area contributed by atoms with Crippen molar-refractivity contribution in [3.05, 3.63) is 52.9 Å². The molecule has 8 heteroatoms. The molecule has 2 heterocycles. The zero-order valence-corrected chi connectivity index (χ0v) is 16.3. The topological polar surface area (TPSA) is 78.4 Å². The number of hydrogen-bond acceptors (Lipinski definition) is 5. The normalized spacial score (nSPS) is 13.1. The Balaban J connectivity index is 1.68. The van der Waals surface area contributed by atoms with E-state index in [-0.39, 0.29) is 23.2 Å². The Kier molecular flexibility index (Phi) is 6.67. The van der Waals surface area contributed by atoms with Crippen molar-refractivity contribution in [2.24, 2.45) is 0 Å². The number of nitrogens with one attached hydrogen (secondary N) is 1. The van der Waals surface area contributed by atoms with E-state index in [1.807, 2.05) is 35.2 Å². The van der Waals surface area contributed by atoms with Gasteiger partial charge >= 0.3 is 0 Å². The smallest absolute Gasteiger partial charge is 0.298 e. The average molecular weight is 408 g/mol. The van der Waals surface area contributed by atoms with Gasteiger partial charge in [0, 0.05) is 37.7 Å². The molecule has 1 aliphatic rings. The van der Waals surface area contributed by atoms with Gasteiger partial charge in [0.05, 0.1) is 6.54 Å². The van der Waals surface area contributed by atoms with Crippen LogP contribution >= 0.6 is 11.6 Å². The number of anilines is 1. The van der Waals surface area contributed by atoms with E-state index >= 15 is 0 Å². The van der Waals surface area contributed by atoms with Gasteiger partial charge in [-0.3, -0.25) is 9.59 Å². The maximum atomic E-state index is 12.4. The van der Waals surface area contributed by atoms with Crippen LogP contribution in [0, 0.1) is 24.2 Å². The second-order valence-corrected chi connectivity index (χ2v) is 6.50. The molecule has 29 heavy (non-hydrogen) atoms. The summed E-state index contributed by atoms with van der Waals surface area (Å²) in [5, 5.41) is 2.63. The van der Waals surface area contributed by atoms with Crippen LogP contribution in [-0.4, -0.2) is 59.4 Å². The summed E-state index contributed by atoms with van der Waals surface area (Å²) in [5.41, 5.74) is 0.964. The van der Waals surface area contributed by atoms with Gasteiger partial charge in [-0.1, -0.05) is 41.6 Å². The van der Waals surface area contributed by atoms with Crippen LogP contribution in [0.25, 0.3) is 0 Å². The number of hydrogen-bond donors (Lipinski definition) is 1. The maximum Gasteiger partial charge on any atom is 0.298 e. The summed E-state index contributed by atoms with van der Waals surface area (Å²) in [7, 11) is 0. The molecule has 1 saturated heterocycles. The summed E-state index contributed by atoms with van der Waals surface area (Å²) in [5.74, 6) is 7.64. The van der Waals surface area contributed by atoms with Crippen LogP contribution < -0.4 is 10.2 Å². The molecule has 1 fully saturated rings. The summed E-state index contributed by atoms with van der Waals surface area (Å²) in [6, 6.07) is 9.34. The van der Waals surface area contributed by atoms with E-state index in [0.29, 0.717) is 32.0 Å². The van der Waals surface area contributed by atoms with Gasteiger partial charge in [-0.05, 0) is 12.1 Å². The van der Waals surface area contributed by atoms with Crippen molar-refractivity contribution in [3.63, 3.8) is 0 Å². The molecule has 0 aliphatic carbocycles. The first-order valence-electron chi connectivity index (χ1n) is 8.93. The number of terminal acetylenes is 1. The summed E-state index contributed by atoms with van der Waals surface area (Å²) in [4.78, 5) is 36.5. The van der Waals surface area contributed by atoms with Gasteiger partial charge in [0.15, 0.2) is 0 Å². The minimum atomic E-state index is -0.434. The maximum absolute atomic E-state index is 12.4. The zero-order chi connectivity index (χ0) is 20.6. The van der Waals surface area contributed by atoms with Gasteiger partial charge in [-0.15, -0.1) is 6.42 Å². The molecule has 0 spiro atoms. The molecule has 1 aromatic heterocycles. The third kappa shape index (κ3) is 5.04. The van der Waals surface area contributed by atoms with Crippen LogP contribution in [-0.2, 0) is 4.79 Å². The van der Waals surface area contributed by atoms with Crippen LogP contribution in [0.3, 0.4) is 0 Å². The van der Waals surface area contributed by atoms with Crippen molar-refractivity contribution in [1.82, 2.24) is 20.2 Å². The largest absolute Gasteiger partial charge is 0.352 e. The Morgan fingerprint density at radius 1 is 1.14 bits per heavy atom. The molecule has 0 unspecified atom stereocenters. The molecule has 7 nitrogen and oxygen atoms in total. The van der Waals surface area contributed by atoms with Crippen molar-refractivity contribution < 1.29 is 9.59 Å². The van der Waals surface area contributed by atoms with Gasteiger partial charge in [0.2, 0.25) is 0 Å². The fourth-order valence-electron chi connectivity index (χ4n) is 2.86. The molecule has 0 radical (unpaired) electrons. The Labute approximate surface area is 174 Å². The molecule has 146 valence electrons. The Hall–Kier alpha value is -3.55. The number of halogens is 1. The molecule has 1 N–H and O–H groups in total. The molecule has 2 amide bonds. The molecule has 1 aliphatic heterocycles. The number of carbonyl (C=O) groups excluding carboxylic acids is 2. The summed E-state index contributed by atoms with van der Waals surface area (Å²) in [6.07, 6.45) is 6.50. The highest BCUT2D eigenvalue weighted by Gasteiger charge is 2.26. The molecule has 0 saturated carbocycles. The van der Waals surface area contributed by atoms with Crippen molar-refractivity contribution in [2.75, 3.05) is 37.6 Å². The minimum absolute atomic E-state index is 0.0526. The highest BCUT2D eigenvalue weighted by atomic mass is 35.5. The lowest BCUT2D eigenvalue weighted by Crippen LogP contribution is -2.49. The number of rotatable bonds is 3. The first kappa shape index (κ1) is 20.2. The van der Waals surface area contributed by atoms with Gasteiger partial charge < -0.3 is 15.1 Å². The van der Waals surface area contributed by atoms with E-state index < -0.39 is 5.91 Å². The lowest BCUT2D eigenvalue weighted by molar-refractivity contribution is -0.125. The van der Waals surface area contributed by atoms with Crippen molar-refractivity contribution in [2.45, 2.75) is 0 Å². The molecule has 1 aromatic carbocycles. The van der Waals surface area contributed by atoms with Crippen molar-refractivity contribution in [1.29, 1.82) is 0 Å². The monoisotopic (exact) mass is 407 g/mol. The fourth-order valence-corrected chi connectivity index (χ4v) is 3.07. The molecular formula is C21H18ClN5O2. The lowest BCUT2D eigenvalue weighted by Gasteiger charge is -2.35. The Morgan fingerprint density at radius 3 is 2.55 bits per heavy atom. The van der Waals surface area contributed by atoms with Crippen LogP contribution in [0.1, 0.15) is 15.9 Å². The van der Waals surface area contributed by atoms with Crippen LogP contribution in [0.4, 0.5) is 5.82 Å². The van der Waals surface area contributed by atoms with Gasteiger partial charge in [-0.2, -0.15) is 0 Å². The number of aromatic nitrogens is 2. The molecule has 2 aromatic rings. The SMILES string of the molecule is C#CCNC(=O)c1c(Cl)ncnc1N1CCN(C(=O)C#Cc2ccccc2)CC1. The van der Waals surface area contributed by atoms with Gasteiger partial charge in [0.1, 0.15) is 22.9 Å². The number of piperazine rings is 1. The van der Waals surface area contributed by atoms with E-state index in [1.165, 1.54) is 6.33 Å². The number of amides is 2. The first-order valence-corrected chi connectivity index (χ1v) is 9.31. The lowest BCUT2D eigenvalue weighted by atomic mass is 10.2. The predicted octanol–water partition coefficient (Wildman–Crippen LogP) is 1.19.